The Labute approximate surface area is 166 Å². The van der Waals surface area contributed by atoms with Crippen molar-refractivity contribution in [2.24, 2.45) is 0 Å². The number of benzene rings is 2. The molecule has 0 unspecified atom stereocenters. The summed E-state index contributed by atoms with van der Waals surface area (Å²) >= 11 is 0. The van der Waals surface area contributed by atoms with Gasteiger partial charge in [0.05, 0.1) is 5.69 Å². The van der Waals surface area contributed by atoms with Crippen molar-refractivity contribution in [2.75, 3.05) is 25.0 Å². The molecule has 5 heteroatoms. The summed E-state index contributed by atoms with van der Waals surface area (Å²) in [7, 11) is 2.13. The largest absolute Gasteiger partial charge is 0.306 e. The molecule has 2 aromatic carbocycles. The highest BCUT2D eigenvalue weighted by Gasteiger charge is 2.31. The molecule has 1 aromatic heterocycles. The molecule has 1 aliphatic heterocycles. The summed E-state index contributed by atoms with van der Waals surface area (Å²) in [5.41, 5.74) is 2.73. The maximum Gasteiger partial charge on any atom is 0.260 e. The lowest BCUT2D eigenvalue weighted by molar-refractivity contribution is 0.0962. The lowest BCUT2D eigenvalue weighted by atomic mass is 10.0. The number of aryl methyl sites for hydroxylation is 1. The van der Waals surface area contributed by atoms with Crippen LogP contribution in [0.5, 0.6) is 0 Å². The molecule has 0 saturated carbocycles. The third-order valence-corrected chi connectivity index (χ3v) is 5.49. The molecule has 0 aliphatic carbocycles. The molecule has 144 valence electrons. The smallest absolute Gasteiger partial charge is 0.260 e. The van der Waals surface area contributed by atoms with Crippen LogP contribution >= 0.6 is 0 Å². The summed E-state index contributed by atoms with van der Waals surface area (Å²) in [6, 6.07) is 19.9. The first kappa shape index (κ1) is 18.4. The Bertz CT molecular complexity index is 942. The molecule has 1 saturated heterocycles. The van der Waals surface area contributed by atoms with Crippen LogP contribution in [0.25, 0.3) is 5.69 Å². The molecular weight excluding hydrogens is 348 g/mol. The predicted octanol–water partition coefficient (Wildman–Crippen LogP) is 3.92. The van der Waals surface area contributed by atoms with Gasteiger partial charge in [0, 0.05) is 23.9 Å². The Hall–Kier alpha value is -2.92. The predicted molar refractivity (Wildman–Crippen MR) is 112 cm³/mol. The van der Waals surface area contributed by atoms with Gasteiger partial charge in [0.1, 0.15) is 0 Å². The minimum atomic E-state index is 0.0333. The van der Waals surface area contributed by atoms with E-state index in [0.29, 0.717) is 5.82 Å². The van der Waals surface area contributed by atoms with Gasteiger partial charge in [-0.25, -0.2) is 4.68 Å². The van der Waals surface area contributed by atoms with E-state index in [-0.39, 0.29) is 11.9 Å². The molecule has 1 fully saturated rings. The second kappa shape index (κ2) is 7.98. The van der Waals surface area contributed by atoms with Crippen molar-refractivity contribution in [3.05, 3.63) is 78.0 Å². The number of amides is 1. The summed E-state index contributed by atoms with van der Waals surface area (Å²) in [5, 5.41) is 4.76. The molecule has 28 heavy (non-hydrogen) atoms. The van der Waals surface area contributed by atoms with Crippen molar-refractivity contribution in [3.63, 3.8) is 0 Å². The first-order valence-corrected chi connectivity index (χ1v) is 9.82. The number of hydrogen-bond acceptors (Lipinski definition) is 3. The van der Waals surface area contributed by atoms with Crippen molar-refractivity contribution >= 4 is 11.7 Å². The van der Waals surface area contributed by atoms with Gasteiger partial charge in [-0.05, 0) is 63.7 Å². The minimum absolute atomic E-state index is 0.0333. The van der Waals surface area contributed by atoms with E-state index in [4.69, 9.17) is 5.10 Å². The normalized spacial score (nSPS) is 15.5. The summed E-state index contributed by atoms with van der Waals surface area (Å²) < 4.78 is 1.84. The van der Waals surface area contributed by atoms with Gasteiger partial charge in [-0.1, -0.05) is 36.4 Å². The molecule has 0 N–H and O–H groups in total. The highest BCUT2D eigenvalue weighted by atomic mass is 16.2. The number of hydrogen-bond donors (Lipinski definition) is 0. The van der Waals surface area contributed by atoms with Crippen LogP contribution < -0.4 is 4.90 Å². The topological polar surface area (TPSA) is 41.4 Å². The number of rotatable bonds is 4. The van der Waals surface area contributed by atoms with Gasteiger partial charge in [-0.2, -0.15) is 0 Å². The van der Waals surface area contributed by atoms with E-state index in [1.807, 2.05) is 83.4 Å². The van der Waals surface area contributed by atoms with Gasteiger partial charge in [0.25, 0.3) is 5.91 Å². The first-order chi connectivity index (χ1) is 13.6. The van der Waals surface area contributed by atoms with E-state index in [1.165, 1.54) is 0 Å². The van der Waals surface area contributed by atoms with Crippen LogP contribution in [0.3, 0.4) is 0 Å². The molecule has 3 aromatic rings. The Morgan fingerprint density at radius 3 is 2.39 bits per heavy atom. The Morgan fingerprint density at radius 1 is 1.00 bits per heavy atom. The highest BCUT2D eigenvalue weighted by molar-refractivity contribution is 6.07. The third-order valence-electron chi connectivity index (χ3n) is 5.49. The summed E-state index contributed by atoms with van der Waals surface area (Å²) in [6.07, 6.45) is 3.83. The van der Waals surface area contributed by atoms with E-state index < -0.39 is 0 Å². The number of carbonyl (C=O) groups is 1. The molecule has 0 radical (unpaired) electrons. The molecule has 0 bridgehead atoms. The van der Waals surface area contributed by atoms with E-state index in [1.54, 1.807) is 0 Å². The van der Waals surface area contributed by atoms with Gasteiger partial charge in [-0.15, -0.1) is 5.10 Å². The second-order valence-corrected chi connectivity index (χ2v) is 7.48. The summed E-state index contributed by atoms with van der Waals surface area (Å²) in [4.78, 5) is 17.8. The van der Waals surface area contributed by atoms with Crippen LogP contribution in [-0.2, 0) is 0 Å². The molecule has 0 atom stereocenters. The number of nitrogens with zero attached hydrogens (tertiary/aromatic N) is 4. The molecule has 1 aliphatic rings. The molecule has 2 heterocycles. The van der Waals surface area contributed by atoms with Crippen LogP contribution in [0.2, 0.25) is 0 Å². The van der Waals surface area contributed by atoms with Gasteiger partial charge >= 0.3 is 0 Å². The van der Waals surface area contributed by atoms with Crippen molar-refractivity contribution in [3.8, 4) is 5.69 Å². The quantitative estimate of drug-likeness (QED) is 0.695. The zero-order valence-corrected chi connectivity index (χ0v) is 16.5. The average Bonchev–Trinajstić information content (AvgIpc) is 3.20. The van der Waals surface area contributed by atoms with Crippen LogP contribution in [-0.4, -0.2) is 46.8 Å². The molecule has 5 nitrogen and oxygen atoms in total. The number of anilines is 1. The fourth-order valence-electron chi connectivity index (χ4n) is 3.82. The molecule has 4 rings (SSSR count). The fraction of sp³-hybridized carbons (Fsp3) is 0.304. The standard InChI is InChI=1S/C23H26N4O/c1-18-8-6-7-11-21(18)23(28)27(20-12-15-25(2)16-13-20)22-14-17-26(24-22)19-9-4-3-5-10-19/h3-11,14,17,20H,12-13,15-16H2,1-2H3. The Morgan fingerprint density at radius 2 is 1.68 bits per heavy atom. The summed E-state index contributed by atoms with van der Waals surface area (Å²) in [6.45, 7) is 3.96. The van der Waals surface area contributed by atoms with Gasteiger partial charge in [-0.3, -0.25) is 9.69 Å². The van der Waals surface area contributed by atoms with E-state index in [9.17, 15) is 4.79 Å². The van der Waals surface area contributed by atoms with Crippen molar-refractivity contribution in [1.82, 2.24) is 14.7 Å². The second-order valence-electron chi connectivity index (χ2n) is 7.48. The van der Waals surface area contributed by atoms with Crippen molar-refractivity contribution in [2.45, 2.75) is 25.8 Å². The number of aromatic nitrogens is 2. The summed E-state index contributed by atoms with van der Waals surface area (Å²) in [5.74, 6) is 0.748. The monoisotopic (exact) mass is 374 g/mol. The lowest BCUT2D eigenvalue weighted by Crippen LogP contribution is -2.47. The highest BCUT2D eigenvalue weighted by Crippen LogP contribution is 2.26. The Kier molecular flexibility index (Phi) is 5.26. The van der Waals surface area contributed by atoms with Crippen LogP contribution in [0, 0.1) is 6.92 Å². The zero-order valence-electron chi connectivity index (χ0n) is 16.5. The zero-order chi connectivity index (χ0) is 19.5. The third kappa shape index (κ3) is 3.71. The maximum atomic E-state index is 13.6. The van der Waals surface area contributed by atoms with E-state index in [2.05, 4.69) is 11.9 Å². The van der Waals surface area contributed by atoms with Crippen LogP contribution in [0.1, 0.15) is 28.8 Å². The van der Waals surface area contributed by atoms with Gasteiger partial charge < -0.3 is 4.90 Å². The lowest BCUT2D eigenvalue weighted by Gasteiger charge is -2.36. The SMILES string of the molecule is Cc1ccccc1C(=O)N(c1ccn(-c2ccccc2)n1)C1CCN(C)CC1. The van der Waals surface area contributed by atoms with Crippen LogP contribution in [0.15, 0.2) is 66.9 Å². The maximum absolute atomic E-state index is 13.6. The van der Waals surface area contributed by atoms with E-state index in [0.717, 1.165) is 42.7 Å². The average molecular weight is 374 g/mol. The first-order valence-electron chi connectivity index (χ1n) is 9.82. The molecule has 1 amide bonds. The number of piperidine rings is 1. The van der Waals surface area contributed by atoms with Crippen LogP contribution in [0.4, 0.5) is 5.82 Å². The number of likely N-dealkylation sites (tertiary alicyclic amines) is 1. The Balaban J connectivity index is 1.70. The molecular formula is C23H26N4O. The van der Waals surface area contributed by atoms with E-state index >= 15 is 0 Å². The van der Waals surface area contributed by atoms with Gasteiger partial charge in [0.15, 0.2) is 5.82 Å². The fourth-order valence-corrected chi connectivity index (χ4v) is 3.82. The van der Waals surface area contributed by atoms with Gasteiger partial charge in [0.2, 0.25) is 0 Å². The minimum Gasteiger partial charge on any atom is -0.306 e. The number of para-hydroxylation sites is 1. The molecule has 0 spiro atoms. The number of carbonyl (C=O) groups excluding carboxylic acids is 1. The van der Waals surface area contributed by atoms with Crippen molar-refractivity contribution < 1.29 is 4.79 Å². The van der Waals surface area contributed by atoms with Crippen molar-refractivity contribution in [1.29, 1.82) is 0 Å².